The Morgan fingerprint density at radius 2 is 1.17 bits per heavy atom. The van der Waals surface area contributed by atoms with Gasteiger partial charge in [0, 0.05) is 11.1 Å². The smallest absolute Gasteiger partial charge is 0.249 e. The predicted molar refractivity (Wildman–Crippen MR) is 114 cm³/mol. The largest absolute Gasteiger partial charge is 0.497 e. The van der Waals surface area contributed by atoms with Crippen molar-refractivity contribution in [3.63, 3.8) is 0 Å². The molecule has 2 aromatic carbocycles. The fraction of sp³-hybridized carbons (Fsp3) is 0.136. The molecule has 2 heterocycles. The van der Waals surface area contributed by atoms with Crippen LogP contribution in [0.5, 0.6) is 11.5 Å². The zero-order valence-corrected chi connectivity index (χ0v) is 17.0. The van der Waals surface area contributed by atoms with E-state index in [0.29, 0.717) is 34.1 Å². The second-order valence-electron chi connectivity index (χ2n) is 6.68. The molecule has 2 N–H and O–H groups in total. The van der Waals surface area contributed by atoms with Crippen molar-refractivity contribution in [1.82, 2.24) is 10.6 Å². The third-order valence-electron chi connectivity index (χ3n) is 4.89. The lowest BCUT2D eigenvalue weighted by Gasteiger charge is -2.34. The number of benzene rings is 2. The Morgan fingerprint density at radius 1 is 0.767 bits per heavy atom. The molecular formula is C22H18N2O5S. The van der Waals surface area contributed by atoms with Crippen LogP contribution in [0.25, 0.3) is 11.5 Å². The molecule has 1 saturated heterocycles. The first kappa shape index (κ1) is 19.7. The van der Waals surface area contributed by atoms with E-state index in [1.165, 1.54) is 12.2 Å². The highest BCUT2D eigenvalue weighted by atomic mass is 32.1. The van der Waals surface area contributed by atoms with Crippen LogP contribution in [-0.4, -0.2) is 31.1 Å². The summed E-state index contributed by atoms with van der Waals surface area (Å²) in [6.45, 7) is 0. The zero-order chi connectivity index (χ0) is 21.3. The summed E-state index contributed by atoms with van der Waals surface area (Å²) in [5.41, 5.74) is -0.239. The van der Waals surface area contributed by atoms with E-state index in [0.717, 1.165) is 0 Å². The van der Waals surface area contributed by atoms with Crippen molar-refractivity contribution in [3.05, 3.63) is 71.8 Å². The Bertz CT molecular complexity index is 1000. The maximum absolute atomic E-state index is 12.9. The van der Waals surface area contributed by atoms with Gasteiger partial charge in [-0.2, -0.15) is 0 Å². The van der Waals surface area contributed by atoms with Crippen LogP contribution in [0.3, 0.4) is 0 Å². The van der Waals surface area contributed by atoms with Crippen molar-refractivity contribution in [2.75, 3.05) is 14.2 Å². The van der Waals surface area contributed by atoms with Gasteiger partial charge in [0.2, 0.25) is 11.8 Å². The second kappa shape index (κ2) is 7.64. The van der Waals surface area contributed by atoms with Crippen LogP contribution in [0.15, 0.2) is 60.7 Å². The molecule has 152 valence electrons. The SMILES string of the molecule is COc1ccc(C2=CC3(C=C(c4ccc(OC)cc4)O2)C(=O)NC(=S)NC3=O)cc1. The van der Waals surface area contributed by atoms with Crippen molar-refractivity contribution >= 4 is 40.7 Å². The summed E-state index contributed by atoms with van der Waals surface area (Å²) in [5, 5.41) is 5.03. The van der Waals surface area contributed by atoms with Crippen molar-refractivity contribution in [1.29, 1.82) is 0 Å². The summed E-state index contributed by atoms with van der Waals surface area (Å²) in [7, 11) is 3.15. The quantitative estimate of drug-likeness (QED) is 0.582. The number of hydrogen-bond acceptors (Lipinski definition) is 6. The Balaban J connectivity index is 1.83. The molecule has 7 nitrogen and oxygen atoms in total. The van der Waals surface area contributed by atoms with Crippen molar-refractivity contribution in [2.24, 2.45) is 5.41 Å². The van der Waals surface area contributed by atoms with E-state index < -0.39 is 17.2 Å². The average Bonchev–Trinajstić information content (AvgIpc) is 2.77. The van der Waals surface area contributed by atoms with Gasteiger partial charge in [0.1, 0.15) is 23.0 Å². The molecule has 2 aliphatic heterocycles. The first-order valence-corrected chi connectivity index (χ1v) is 9.45. The predicted octanol–water partition coefficient (Wildman–Crippen LogP) is 2.63. The number of hydrogen-bond donors (Lipinski definition) is 2. The van der Waals surface area contributed by atoms with Crippen LogP contribution >= 0.6 is 12.2 Å². The molecule has 2 aliphatic rings. The molecule has 0 aromatic heterocycles. The minimum atomic E-state index is -1.61. The van der Waals surface area contributed by atoms with Crippen LogP contribution in [0.1, 0.15) is 11.1 Å². The van der Waals surface area contributed by atoms with E-state index in [2.05, 4.69) is 10.6 Å². The van der Waals surface area contributed by atoms with Crippen LogP contribution < -0.4 is 20.1 Å². The summed E-state index contributed by atoms with van der Waals surface area (Å²) >= 11 is 4.95. The molecule has 8 heteroatoms. The first-order valence-electron chi connectivity index (χ1n) is 9.04. The zero-order valence-electron chi connectivity index (χ0n) is 16.2. The molecule has 30 heavy (non-hydrogen) atoms. The lowest BCUT2D eigenvalue weighted by molar-refractivity contribution is -0.137. The van der Waals surface area contributed by atoms with E-state index in [1.807, 2.05) is 0 Å². The van der Waals surface area contributed by atoms with Gasteiger partial charge >= 0.3 is 0 Å². The molecule has 0 radical (unpaired) electrons. The molecule has 1 spiro atoms. The lowest BCUT2D eigenvalue weighted by atomic mass is 9.80. The summed E-state index contributed by atoms with van der Waals surface area (Å²) in [5.74, 6) is 0.991. The summed E-state index contributed by atoms with van der Waals surface area (Å²) in [6.07, 6.45) is 2.99. The van der Waals surface area contributed by atoms with Gasteiger partial charge in [0.15, 0.2) is 10.5 Å². The molecule has 2 amide bonds. The van der Waals surface area contributed by atoms with Crippen LogP contribution in [-0.2, 0) is 14.3 Å². The monoisotopic (exact) mass is 422 g/mol. The fourth-order valence-corrected chi connectivity index (χ4v) is 3.42. The molecule has 2 aromatic rings. The standard InChI is InChI=1S/C22H18N2O5S/c1-27-15-7-3-13(4-8-15)17-11-22(19(25)23-21(30)24-20(22)26)12-18(29-17)14-5-9-16(28-2)10-6-14/h3-12H,1-2H3,(H2,23,24,25,26,30). The molecule has 1 fully saturated rings. The highest BCUT2D eigenvalue weighted by Crippen LogP contribution is 2.40. The Labute approximate surface area is 178 Å². The minimum absolute atomic E-state index is 0.0269. The summed E-state index contributed by atoms with van der Waals surface area (Å²) in [4.78, 5) is 25.8. The minimum Gasteiger partial charge on any atom is -0.497 e. The normalized spacial score (nSPS) is 17.3. The van der Waals surface area contributed by atoms with Crippen LogP contribution in [0.4, 0.5) is 0 Å². The molecule has 0 saturated carbocycles. The third kappa shape index (κ3) is 3.42. The van der Waals surface area contributed by atoms with E-state index in [4.69, 9.17) is 26.4 Å². The van der Waals surface area contributed by atoms with Gasteiger partial charge in [0.05, 0.1) is 14.2 Å². The number of carbonyl (C=O) groups excluding carboxylic acids is 2. The van der Waals surface area contributed by atoms with Gasteiger partial charge in [-0.15, -0.1) is 0 Å². The molecule has 0 bridgehead atoms. The Morgan fingerprint density at radius 3 is 1.53 bits per heavy atom. The van der Waals surface area contributed by atoms with Gasteiger partial charge in [-0.1, -0.05) is 0 Å². The third-order valence-corrected chi connectivity index (χ3v) is 5.10. The van der Waals surface area contributed by atoms with Gasteiger partial charge in [-0.3, -0.25) is 9.59 Å². The highest BCUT2D eigenvalue weighted by Gasteiger charge is 2.49. The molecule has 0 aliphatic carbocycles. The first-order chi connectivity index (χ1) is 14.4. The number of nitrogens with one attached hydrogen (secondary N) is 2. The number of carbonyl (C=O) groups is 2. The van der Waals surface area contributed by atoms with Crippen LogP contribution in [0.2, 0.25) is 0 Å². The molecule has 0 atom stereocenters. The van der Waals surface area contributed by atoms with Gasteiger partial charge < -0.3 is 24.8 Å². The van der Waals surface area contributed by atoms with Gasteiger partial charge in [-0.05, 0) is 72.9 Å². The number of methoxy groups -OCH3 is 2. The van der Waals surface area contributed by atoms with Gasteiger partial charge in [-0.25, -0.2) is 0 Å². The van der Waals surface area contributed by atoms with E-state index in [9.17, 15) is 9.59 Å². The lowest BCUT2D eigenvalue weighted by Crippen LogP contribution is -2.61. The van der Waals surface area contributed by atoms with Crippen molar-refractivity contribution in [3.8, 4) is 11.5 Å². The average molecular weight is 422 g/mol. The number of amides is 2. The molecule has 0 unspecified atom stereocenters. The van der Waals surface area contributed by atoms with Crippen molar-refractivity contribution < 1.29 is 23.8 Å². The topological polar surface area (TPSA) is 85.9 Å². The number of rotatable bonds is 4. The molecular weight excluding hydrogens is 404 g/mol. The maximum atomic E-state index is 12.9. The van der Waals surface area contributed by atoms with Crippen molar-refractivity contribution in [2.45, 2.75) is 0 Å². The van der Waals surface area contributed by atoms with E-state index in [-0.39, 0.29) is 5.11 Å². The van der Waals surface area contributed by atoms with Crippen LogP contribution in [0, 0.1) is 5.41 Å². The molecule has 4 rings (SSSR count). The second-order valence-corrected chi connectivity index (χ2v) is 7.09. The summed E-state index contributed by atoms with van der Waals surface area (Å²) < 4.78 is 16.5. The maximum Gasteiger partial charge on any atom is 0.249 e. The van der Waals surface area contributed by atoms with Gasteiger partial charge in [0.25, 0.3) is 0 Å². The number of ether oxygens (including phenoxy) is 3. The highest BCUT2D eigenvalue weighted by molar-refractivity contribution is 7.80. The fourth-order valence-electron chi connectivity index (χ4n) is 3.24. The summed E-state index contributed by atoms with van der Waals surface area (Å²) in [6, 6.07) is 14.2. The number of thiocarbonyl (C=S) groups is 1. The Hall–Kier alpha value is -3.65. The Kier molecular flexibility index (Phi) is 5.01. The van der Waals surface area contributed by atoms with E-state index in [1.54, 1.807) is 62.8 Å². The van der Waals surface area contributed by atoms with E-state index >= 15 is 0 Å².